The summed E-state index contributed by atoms with van der Waals surface area (Å²) >= 11 is 11.8. The molecule has 84 valence electrons. The Kier molecular flexibility index (Phi) is 3.58. The lowest BCUT2D eigenvalue weighted by atomic mass is 10.1. The van der Waals surface area contributed by atoms with Crippen molar-refractivity contribution < 1.29 is 4.74 Å². The van der Waals surface area contributed by atoms with Crippen molar-refractivity contribution in [1.82, 2.24) is 0 Å². The molecular formula is C12H11Cl2NO. The standard InChI is InChI=1S/C12H11Cl2NO/c13-9-4-10(14)6-11(5-9)16-12-3-1-2-8(12)7-15/h4-6,8,12H,1-3H2. The summed E-state index contributed by atoms with van der Waals surface area (Å²) in [6.07, 6.45) is 2.84. The van der Waals surface area contributed by atoms with Crippen LogP contribution in [-0.2, 0) is 0 Å². The van der Waals surface area contributed by atoms with E-state index in [2.05, 4.69) is 6.07 Å². The van der Waals surface area contributed by atoms with Crippen LogP contribution in [0.15, 0.2) is 18.2 Å². The molecule has 4 heteroatoms. The Labute approximate surface area is 105 Å². The smallest absolute Gasteiger partial charge is 0.122 e. The van der Waals surface area contributed by atoms with E-state index in [4.69, 9.17) is 33.2 Å². The highest BCUT2D eigenvalue weighted by Crippen LogP contribution is 2.31. The Morgan fingerprint density at radius 3 is 2.50 bits per heavy atom. The maximum Gasteiger partial charge on any atom is 0.122 e. The van der Waals surface area contributed by atoms with Crippen molar-refractivity contribution in [3.05, 3.63) is 28.2 Å². The zero-order valence-corrected chi connectivity index (χ0v) is 10.1. The second-order valence-electron chi connectivity index (χ2n) is 3.93. The van der Waals surface area contributed by atoms with E-state index in [-0.39, 0.29) is 12.0 Å². The molecule has 1 fully saturated rings. The summed E-state index contributed by atoms with van der Waals surface area (Å²) in [5.41, 5.74) is 0. The van der Waals surface area contributed by atoms with Crippen LogP contribution in [-0.4, -0.2) is 6.10 Å². The van der Waals surface area contributed by atoms with Crippen LogP contribution in [0.5, 0.6) is 5.75 Å². The molecule has 0 bridgehead atoms. The van der Waals surface area contributed by atoms with Gasteiger partial charge in [-0.2, -0.15) is 5.26 Å². The first-order valence-electron chi connectivity index (χ1n) is 5.21. The van der Waals surface area contributed by atoms with Crippen LogP contribution in [0.25, 0.3) is 0 Å². The molecule has 0 N–H and O–H groups in total. The highest BCUT2D eigenvalue weighted by atomic mass is 35.5. The Morgan fingerprint density at radius 1 is 1.19 bits per heavy atom. The fraction of sp³-hybridized carbons (Fsp3) is 0.417. The molecule has 0 amide bonds. The average Bonchev–Trinajstić information content (AvgIpc) is 2.63. The predicted octanol–water partition coefficient (Wildman–Crippen LogP) is 4.06. The van der Waals surface area contributed by atoms with Gasteiger partial charge < -0.3 is 4.74 Å². The van der Waals surface area contributed by atoms with Crippen molar-refractivity contribution in [3.8, 4) is 11.8 Å². The molecule has 1 saturated carbocycles. The molecule has 2 unspecified atom stereocenters. The van der Waals surface area contributed by atoms with Gasteiger partial charge in [-0.15, -0.1) is 0 Å². The number of ether oxygens (including phenoxy) is 1. The molecule has 2 atom stereocenters. The molecule has 2 nitrogen and oxygen atoms in total. The molecule has 16 heavy (non-hydrogen) atoms. The molecule has 0 saturated heterocycles. The summed E-state index contributed by atoms with van der Waals surface area (Å²) in [5, 5.41) is 10.0. The van der Waals surface area contributed by atoms with Crippen LogP contribution in [0, 0.1) is 17.2 Å². The summed E-state index contributed by atoms with van der Waals surface area (Å²) in [7, 11) is 0. The molecule has 0 aliphatic heterocycles. The third-order valence-electron chi connectivity index (χ3n) is 2.74. The lowest BCUT2D eigenvalue weighted by molar-refractivity contribution is 0.182. The molecule has 0 radical (unpaired) electrons. The van der Waals surface area contributed by atoms with E-state index in [0.29, 0.717) is 15.8 Å². The maximum atomic E-state index is 8.94. The highest BCUT2D eigenvalue weighted by molar-refractivity contribution is 6.34. The predicted molar refractivity (Wildman–Crippen MR) is 63.8 cm³/mol. The minimum atomic E-state index is -0.0282. The van der Waals surface area contributed by atoms with Crippen LogP contribution in [0.4, 0.5) is 0 Å². The third kappa shape index (κ3) is 2.61. The number of halogens is 2. The number of hydrogen-bond donors (Lipinski definition) is 0. The third-order valence-corrected chi connectivity index (χ3v) is 3.18. The minimum absolute atomic E-state index is 0.0160. The molecule has 1 aliphatic carbocycles. The summed E-state index contributed by atoms with van der Waals surface area (Å²) in [4.78, 5) is 0. The maximum absolute atomic E-state index is 8.94. The van der Waals surface area contributed by atoms with Gasteiger partial charge in [-0.3, -0.25) is 0 Å². The average molecular weight is 256 g/mol. The van der Waals surface area contributed by atoms with Gasteiger partial charge in [0.1, 0.15) is 11.9 Å². The van der Waals surface area contributed by atoms with Crippen molar-refractivity contribution in [2.45, 2.75) is 25.4 Å². The number of hydrogen-bond acceptors (Lipinski definition) is 2. The quantitative estimate of drug-likeness (QED) is 0.799. The van der Waals surface area contributed by atoms with Crippen molar-refractivity contribution in [1.29, 1.82) is 5.26 Å². The van der Waals surface area contributed by atoms with Crippen molar-refractivity contribution in [2.24, 2.45) is 5.92 Å². The second kappa shape index (κ2) is 4.95. The Balaban J connectivity index is 2.12. The topological polar surface area (TPSA) is 33.0 Å². The zero-order valence-electron chi connectivity index (χ0n) is 8.62. The molecule has 1 aromatic carbocycles. The SMILES string of the molecule is N#CC1CCCC1Oc1cc(Cl)cc(Cl)c1. The van der Waals surface area contributed by atoms with E-state index in [1.807, 2.05) is 0 Å². The van der Waals surface area contributed by atoms with Crippen LogP contribution < -0.4 is 4.74 Å². The fourth-order valence-corrected chi connectivity index (χ4v) is 2.49. The largest absolute Gasteiger partial charge is 0.489 e. The number of benzene rings is 1. The van der Waals surface area contributed by atoms with Crippen molar-refractivity contribution in [3.63, 3.8) is 0 Å². The monoisotopic (exact) mass is 255 g/mol. The minimum Gasteiger partial charge on any atom is -0.489 e. The van der Waals surface area contributed by atoms with Gasteiger partial charge >= 0.3 is 0 Å². The zero-order chi connectivity index (χ0) is 11.5. The first-order chi connectivity index (χ1) is 7.69. The van der Waals surface area contributed by atoms with E-state index in [1.54, 1.807) is 18.2 Å². The molecule has 0 spiro atoms. The molecule has 1 aliphatic rings. The van der Waals surface area contributed by atoms with Gasteiger partial charge in [-0.25, -0.2) is 0 Å². The second-order valence-corrected chi connectivity index (χ2v) is 4.80. The van der Waals surface area contributed by atoms with E-state index >= 15 is 0 Å². The van der Waals surface area contributed by atoms with Gasteiger partial charge in [0, 0.05) is 10.0 Å². The van der Waals surface area contributed by atoms with E-state index < -0.39 is 0 Å². The van der Waals surface area contributed by atoms with E-state index in [0.717, 1.165) is 19.3 Å². The lowest BCUT2D eigenvalue weighted by Crippen LogP contribution is -2.20. The Bertz CT molecular complexity index is 407. The normalized spacial score (nSPS) is 24.1. The summed E-state index contributed by atoms with van der Waals surface area (Å²) in [6, 6.07) is 7.38. The molecular weight excluding hydrogens is 245 g/mol. The van der Waals surface area contributed by atoms with Gasteiger partial charge in [0.25, 0.3) is 0 Å². The van der Waals surface area contributed by atoms with Gasteiger partial charge in [0.05, 0.1) is 12.0 Å². The van der Waals surface area contributed by atoms with Crippen molar-refractivity contribution >= 4 is 23.2 Å². The number of nitriles is 1. The van der Waals surface area contributed by atoms with Crippen molar-refractivity contribution in [2.75, 3.05) is 0 Å². The van der Waals surface area contributed by atoms with E-state index in [1.165, 1.54) is 0 Å². The Morgan fingerprint density at radius 2 is 1.88 bits per heavy atom. The summed E-state index contributed by atoms with van der Waals surface area (Å²) in [6.45, 7) is 0. The van der Waals surface area contributed by atoms with Crippen LogP contribution >= 0.6 is 23.2 Å². The van der Waals surface area contributed by atoms with Crippen LogP contribution in [0.1, 0.15) is 19.3 Å². The molecule has 2 rings (SSSR count). The molecule has 0 heterocycles. The molecule has 0 aromatic heterocycles. The van der Waals surface area contributed by atoms with Gasteiger partial charge in [0.15, 0.2) is 0 Å². The van der Waals surface area contributed by atoms with Crippen LogP contribution in [0.2, 0.25) is 10.0 Å². The first kappa shape index (κ1) is 11.6. The Hall–Kier alpha value is -0.910. The van der Waals surface area contributed by atoms with Gasteiger partial charge in [-0.05, 0) is 37.5 Å². The van der Waals surface area contributed by atoms with E-state index in [9.17, 15) is 0 Å². The summed E-state index contributed by atoms with van der Waals surface area (Å²) < 4.78 is 5.75. The van der Waals surface area contributed by atoms with Gasteiger partial charge in [0.2, 0.25) is 0 Å². The molecule has 1 aromatic rings. The highest BCUT2D eigenvalue weighted by Gasteiger charge is 2.28. The fourth-order valence-electron chi connectivity index (χ4n) is 1.99. The number of nitrogens with zero attached hydrogens (tertiary/aromatic N) is 1. The lowest BCUT2D eigenvalue weighted by Gasteiger charge is -2.16. The first-order valence-corrected chi connectivity index (χ1v) is 5.97. The van der Waals surface area contributed by atoms with Crippen LogP contribution in [0.3, 0.4) is 0 Å². The summed E-state index contributed by atoms with van der Waals surface area (Å²) in [5.74, 6) is 0.627. The van der Waals surface area contributed by atoms with Gasteiger partial charge in [-0.1, -0.05) is 23.2 Å². The number of rotatable bonds is 2.